The lowest BCUT2D eigenvalue weighted by Crippen LogP contribution is -2.57. The molecule has 4 heteroatoms. The van der Waals surface area contributed by atoms with E-state index in [4.69, 9.17) is 0 Å². The van der Waals surface area contributed by atoms with Crippen LogP contribution in [-0.4, -0.2) is 22.2 Å². The number of carbonyl (C=O) groups is 2. The van der Waals surface area contributed by atoms with Crippen molar-refractivity contribution in [3.8, 4) is 0 Å². The quantitative estimate of drug-likeness (QED) is 0.792. The van der Waals surface area contributed by atoms with Gasteiger partial charge in [0.25, 0.3) is 0 Å². The number of hydrogen-bond donors (Lipinski definition) is 2. The Morgan fingerprint density at radius 3 is 2.09 bits per heavy atom. The van der Waals surface area contributed by atoms with Gasteiger partial charge in [-0.1, -0.05) is 46.0 Å². The molecule has 2 saturated carbocycles. The molecule has 2 aliphatic carbocycles. The third-order valence-electron chi connectivity index (χ3n) is 6.14. The van der Waals surface area contributed by atoms with Crippen LogP contribution in [0.2, 0.25) is 0 Å². The van der Waals surface area contributed by atoms with Crippen LogP contribution < -0.4 is 0 Å². The third-order valence-corrected chi connectivity index (χ3v) is 6.14. The SMILES string of the molecule is CC(C)CC1(C2(C(=O)O)CCCCC2C(=O)O)CCCCC1. The lowest BCUT2D eigenvalue weighted by molar-refractivity contribution is -0.186. The summed E-state index contributed by atoms with van der Waals surface area (Å²) in [4.78, 5) is 24.3. The number of rotatable bonds is 5. The van der Waals surface area contributed by atoms with Crippen LogP contribution in [0, 0.1) is 22.7 Å². The highest BCUT2D eigenvalue weighted by Gasteiger charge is 2.62. The first-order valence-electron chi connectivity index (χ1n) is 8.82. The fourth-order valence-corrected chi connectivity index (χ4v) is 5.47. The van der Waals surface area contributed by atoms with Crippen molar-refractivity contribution in [3.63, 3.8) is 0 Å². The Kier molecular flexibility index (Phi) is 5.18. The van der Waals surface area contributed by atoms with Gasteiger partial charge in [-0.3, -0.25) is 9.59 Å². The summed E-state index contributed by atoms with van der Waals surface area (Å²) < 4.78 is 0. The molecule has 2 atom stereocenters. The van der Waals surface area contributed by atoms with Crippen LogP contribution in [0.4, 0.5) is 0 Å². The molecule has 2 N–H and O–H groups in total. The molecule has 0 amide bonds. The average molecular weight is 310 g/mol. The maximum atomic E-state index is 12.4. The summed E-state index contributed by atoms with van der Waals surface area (Å²) in [6.45, 7) is 4.26. The largest absolute Gasteiger partial charge is 0.481 e. The molecule has 0 aromatic heterocycles. The van der Waals surface area contributed by atoms with Gasteiger partial charge in [-0.2, -0.15) is 0 Å². The van der Waals surface area contributed by atoms with Crippen molar-refractivity contribution in [1.82, 2.24) is 0 Å². The number of aliphatic carboxylic acids is 2. The van der Waals surface area contributed by atoms with Crippen LogP contribution in [0.15, 0.2) is 0 Å². The summed E-state index contributed by atoms with van der Waals surface area (Å²) in [7, 11) is 0. The molecule has 0 bridgehead atoms. The molecule has 126 valence electrons. The Morgan fingerprint density at radius 1 is 1.00 bits per heavy atom. The summed E-state index contributed by atoms with van der Waals surface area (Å²) in [5, 5.41) is 19.9. The van der Waals surface area contributed by atoms with E-state index in [1.807, 2.05) is 0 Å². The van der Waals surface area contributed by atoms with Crippen molar-refractivity contribution < 1.29 is 19.8 Å². The number of hydrogen-bond acceptors (Lipinski definition) is 2. The second kappa shape index (κ2) is 6.59. The average Bonchev–Trinajstić information content (AvgIpc) is 2.46. The Balaban J connectivity index is 2.53. The zero-order valence-corrected chi connectivity index (χ0v) is 13.9. The minimum absolute atomic E-state index is 0.339. The minimum atomic E-state index is -1.07. The first-order valence-corrected chi connectivity index (χ1v) is 8.82. The Labute approximate surface area is 133 Å². The maximum Gasteiger partial charge on any atom is 0.311 e. The third kappa shape index (κ3) is 2.77. The predicted octanol–water partition coefficient (Wildman–Crippen LogP) is 4.33. The molecule has 0 radical (unpaired) electrons. The van der Waals surface area contributed by atoms with Gasteiger partial charge in [0.1, 0.15) is 0 Å². The van der Waals surface area contributed by atoms with Crippen LogP contribution in [0.5, 0.6) is 0 Å². The van der Waals surface area contributed by atoms with Gasteiger partial charge in [-0.25, -0.2) is 0 Å². The van der Waals surface area contributed by atoms with Crippen LogP contribution in [-0.2, 0) is 9.59 Å². The van der Waals surface area contributed by atoms with Crippen molar-refractivity contribution in [2.75, 3.05) is 0 Å². The Hall–Kier alpha value is -1.06. The van der Waals surface area contributed by atoms with Gasteiger partial charge in [0.05, 0.1) is 11.3 Å². The van der Waals surface area contributed by atoms with Crippen molar-refractivity contribution in [2.45, 2.75) is 78.1 Å². The van der Waals surface area contributed by atoms with E-state index >= 15 is 0 Å². The van der Waals surface area contributed by atoms with Gasteiger partial charge >= 0.3 is 11.9 Å². The summed E-state index contributed by atoms with van der Waals surface area (Å²) in [5.41, 5.74) is -1.41. The van der Waals surface area contributed by atoms with Crippen LogP contribution in [0.3, 0.4) is 0 Å². The lowest BCUT2D eigenvalue weighted by atomic mass is 9.46. The van der Waals surface area contributed by atoms with Crippen LogP contribution >= 0.6 is 0 Å². The molecule has 0 spiro atoms. The first kappa shape index (κ1) is 17.3. The van der Waals surface area contributed by atoms with Crippen molar-refractivity contribution in [2.24, 2.45) is 22.7 Å². The molecule has 0 aliphatic heterocycles. The predicted molar refractivity (Wildman–Crippen MR) is 84.6 cm³/mol. The summed E-state index contributed by atoms with van der Waals surface area (Å²) in [6, 6.07) is 0. The van der Waals surface area contributed by atoms with E-state index in [0.29, 0.717) is 18.8 Å². The minimum Gasteiger partial charge on any atom is -0.481 e. The molecule has 0 aromatic carbocycles. The highest BCUT2D eigenvalue weighted by Crippen LogP contribution is 2.62. The summed E-state index contributed by atoms with van der Waals surface area (Å²) >= 11 is 0. The molecule has 2 aliphatic rings. The maximum absolute atomic E-state index is 12.4. The number of carboxylic acids is 2. The van der Waals surface area contributed by atoms with Gasteiger partial charge < -0.3 is 10.2 Å². The van der Waals surface area contributed by atoms with E-state index in [0.717, 1.165) is 51.4 Å². The highest BCUT2D eigenvalue weighted by atomic mass is 16.4. The zero-order valence-electron chi connectivity index (χ0n) is 13.9. The molecule has 0 saturated heterocycles. The summed E-state index contributed by atoms with van der Waals surface area (Å²) in [5.74, 6) is -2.10. The highest BCUT2D eigenvalue weighted by molar-refractivity contribution is 5.84. The Bertz CT molecular complexity index is 423. The van der Waals surface area contributed by atoms with Gasteiger partial charge in [-0.05, 0) is 43.4 Å². The normalized spacial score (nSPS) is 31.9. The smallest absolute Gasteiger partial charge is 0.311 e. The zero-order chi connectivity index (χ0) is 16.4. The second-order valence-corrected chi connectivity index (χ2v) is 7.85. The molecule has 2 rings (SSSR count). The fourth-order valence-electron chi connectivity index (χ4n) is 5.47. The first-order chi connectivity index (χ1) is 10.4. The molecule has 2 fully saturated rings. The van der Waals surface area contributed by atoms with E-state index in [2.05, 4.69) is 13.8 Å². The lowest BCUT2D eigenvalue weighted by Gasteiger charge is -2.55. The topological polar surface area (TPSA) is 74.6 Å². The van der Waals surface area contributed by atoms with Crippen molar-refractivity contribution in [3.05, 3.63) is 0 Å². The standard InChI is InChI=1S/C18H30O4/c1-13(2)12-17(9-5-3-6-10-17)18(16(21)22)11-7-4-8-14(18)15(19)20/h13-14H,3-12H2,1-2H3,(H,19,20)(H,21,22). The molecule has 4 nitrogen and oxygen atoms in total. The molecular formula is C18H30O4. The van der Waals surface area contributed by atoms with E-state index in [1.54, 1.807) is 0 Å². The van der Waals surface area contributed by atoms with E-state index < -0.39 is 23.3 Å². The van der Waals surface area contributed by atoms with E-state index in [9.17, 15) is 19.8 Å². The molecule has 0 aromatic rings. The van der Waals surface area contributed by atoms with Gasteiger partial charge in [0.2, 0.25) is 0 Å². The molecule has 22 heavy (non-hydrogen) atoms. The fraction of sp³-hybridized carbons (Fsp3) is 0.889. The van der Waals surface area contributed by atoms with Crippen LogP contribution in [0.25, 0.3) is 0 Å². The number of carboxylic acid groups (broad SMARTS) is 2. The van der Waals surface area contributed by atoms with E-state index in [-0.39, 0.29) is 5.41 Å². The van der Waals surface area contributed by atoms with Gasteiger partial charge in [-0.15, -0.1) is 0 Å². The second-order valence-electron chi connectivity index (χ2n) is 7.85. The monoisotopic (exact) mass is 310 g/mol. The van der Waals surface area contributed by atoms with Gasteiger partial charge in [0.15, 0.2) is 0 Å². The van der Waals surface area contributed by atoms with Crippen molar-refractivity contribution in [1.29, 1.82) is 0 Å². The summed E-state index contributed by atoms with van der Waals surface area (Å²) in [6.07, 6.45) is 8.54. The Morgan fingerprint density at radius 2 is 1.59 bits per heavy atom. The van der Waals surface area contributed by atoms with Crippen molar-refractivity contribution >= 4 is 11.9 Å². The molecule has 2 unspecified atom stereocenters. The molecule has 0 heterocycles. The van der Waals surface area contributed by atoms with Crippen LogP contribution in [0.1, 0.15) is 78.1 Å². The van der Waals surface area contributed by atoms with E-state index in [1.165, 1.54) is 0 Å². The van der Waals surface area contributed by atoms with Gasteiger partial charge in [0, 0.05) is 0 Å². The molecular weight excluding hydrogens is 280 g/mol.